The Kier molecular flexibility index (Phi) is 5.25. The Morgan fingerprint density at radius 3 is 2.86 bits per heavy atom. The lowest BCUT2D eigenvalue weighted by molar-refractivity contribution is 0.0996. The van der Waals surface area contributed by atoms with Crippen molar-refractivity contribution in [1.82, 2.24) is 19.9 Å². The molecule has 6 rings (SSSR count). The number of aromatic nitrogens is 3. The minimum Gasteiger partial charge on any atom is -0.445 e. The number of anilines is 2. The highest BCUT2D eigenvalue weighted by atomic mass is 35.5. The van der Waals surface area contributed by atoms with Gasteiger partial charge < -0.3 is 15.0 Å². The van der Waals surface area contributed by atoms with Gasteiger partial charge in [0.2, 0.25) is 0 Å². The summed E-state index contributed by atoms with van der Waals surface area (Å²) in [5.74, 6) is 0.158. The summed E-state index contributed by atoms with van der Waals surface area (Å²) in [4.78, 5) is 27.9. The van der Waals surface area contributed by atoms with E-state index in [2.05, 4.69) is 15.3 Å². The minimum atomic E-state index is -0.557. The molecule has 2 aromatic heterocycles. The van der Waals surface area contributed by atoms with E-state index in [4.69, 9.17) is 21.3 Å². The van der Waals surface area contributed by atoms with Gasteiger partial charge in [0.1, 0.15) is 18.5 Å². The first-order valence-corrected chi connectivity index (χ1v) is 11.7. The monoisotopic (exact) mass is 489 g/mol. The first-order valence-electron chi connectivity index (χ1n) is 11.3. The van der Waals surface area contributed by atoms with Crippen LogP contribution in [-0.4, -0.2) is 39.0 Å². The molecule has 0 unspecified atom stereocenters. The average Bonchev–Trinajstić information content (AvgIpc) is 3.46. The lowest BCUT2D eigenvalue weighted by Gasteiger charge is -2.21. The molecule has 2 aliphatic rings. The van der Waals surface area contributed by atoms with Gasteiger partial charge in [0.05, 0.1) is 16.2 Å². The van der Waals surface area contributed by atoms with Crippen LogP contribution in [0.5, 0.6) is 0 Å². The number of carbonyl (C=O) groups excluding carboxylic acids is 1. The number of fused-ring (bicyclic) bond motifs is 2. The van der Waals surface area contributed by atoms with Crippen LogP contribution in [0.2, 0.25) is 5.02 Å². The van der Waals surface area contributed by atoms with Crippen LogP contribution in [0.15, 0.2) is 67.0 Å². The Bertz CT molecular complexity index is 1440. The van der Waals surface area contributed by atoms with Crippen molar-refractivity contribution in [3.63, 3.8) is 0 Å². The number of halogens is 2. The molecule has 1 saturated carbocycles. The zero-order valence-electron chi connectivity index (χ0n) is 18.6. The molecule has 2 atom stereocenters. The highest BCUT2D eigenvalue weighted by Crippen LogP contribution is 2.58. The molecule has 9 heteroatoms. The average molecular weight is 490 g/mol. The summed E-state index contributed by atoms with van der Waals surface area (Å²) in [6.07, 6.45) is 2.04. The van der Waals surface area contributed by atoms with E-state index in [1.54, 1.807) is 17.0 Å². The van der Waals surface area contributed by atoms with E-state index in [-0.39, 0.29) is 28.8 Å². The van der Waals surface area contributed by atoms with Gasteiger partial charge in [-0.1, -0.05) is 48.0 Å². The second-order valence-electron chi connectivity index (χ2n) is 8.99. The normalized spacial score (nSPS) is 20.5. The van der Waals surface area contributed by atoms with Crippen molar-refractivity contribution >= 4 is 40.2 Å². The molecular formula is C26H21ClFN5O2. The zero-order valence-corrected chi connectivity index (χ0v) is 19.4. The first-order chi connectivity index (χ1) is 17.0. The Morgan fingerprint density at radius 2 is 2.00 bits per heavy atom. The standard InChI is InChI=1S/C26H21ClFN5O2/c27-18-7-4-8-19(22(18)28)31-24-23-20(29-15-30-24)9-10-21(32-23)26-11-17(26)12-33(14-26)25(34)35-13-16-5-2-1-3-6-16/h1-10,15,17H,11-14H2,(H,29,30,31)/t17-,26-/m1/s1. The number of pyridine rings is 1. The van der Waals surface area contributed by atoms with E-state index in [1.807, 2.05) is 42.5 Å². The van der Waals surface area contributed by atoms with Gasteiger partial charge in [-0.15, -0.1) is 0 Å². The fourth-order valence-electron chi connectivity index (χ4n) is 4.87. The maximum Gasteiger partial charge on any atom is 0.410 e. The lowest BCUT2D eigenvalue weighted by atomic mass is 10.0. The predicted molar refractivity (Wildman–Crippen MR) is 130 cm³/mol. The van der Waals surface area contributed by atoms with Crippen molar-refractivity contribution in [1.29, 1.82) is 0 Å². The van der Waals surface area contributed by atoms with Gasteiger partial charge in [0.25, 0.3) is 0 Å². The molecule has 1 aliphatic heterocycles. The third-order valence-corrected chi connectivity index (χ3v) is 7.10. The van der Waals surface area contributed by atoms with Crippen molar-refractivity contribution in [2.75, 3.05) is 18.4 Å². The highest BCUT2D eigenvalue weighted by molar-refractivity contribution is 6.31. The Balaban J connectivity index is 1.23. The molecule has 1 N–H and O–H groups in total. The molecule has 35 heavy (non-hydrogen) atoms. The number of benzene rings is 2. The van der Waals surface area contributed by atoms with Crippen LogP contribution in [0.3, 0.4) is 0 Å². The third-order valence-electron chi connectivity index (χ3n) is 6.81. The van der Waals surface area contributed by atoms with E-state index < -0.39 is 5.82 Å². The van der Waals surface area contributed by atoms with Crippen molar-refractivity contribution in [2.24, 2.45) is 5.92 Å². The van der Waals surface area contributed by atoms with Crippen LogP contribution in [-0.2, 0) is 16.8 Å². The second kappa shape index (κ2) is 8.46. The molecule has 1 amide bonds. The molecule has 7 nitrogen and oxygen atoms in total. The number of hydrogen-bond acceptors (Lipinski definition) is 6. The summed E-state index contributed by atoms with van der Waals surface area (Å²) < 4.78 is 20.0. The van der Waals surface area contributed by atoms with Crippen molar-refractivity contribution < 1.29 is 13.9 Å². The largest absolute Gasteiger partial charge is 0.445 e. The van der Waals surface area contributed by atoms with E-state index in [1.165, 1.54) is 12.4 Å². The van der Waals surface area contributed by atoms with Crippen molar-refractivity contribution in [3.8, 4) is 0 Å². The molecular weight excluding hydrogens is 469 g/mol. The van der Waals surface area contributed by atoms with Gasteiger partial charge in [-0.2, -0.15) is 0 Å². The number of hydrogen-bond donors (Lipinski definition) is 1. The zero-order chi connectivity index (χ0) is 24.0. The van der Waals surface area contributed by atoms with Crippen molar-refractivity contribution in [2.45, 2.75) is 18.4 Å². The number of carbonyl (C=O) groups is 1. The minimum absolute atomic E-state index is 0.0203. The number of likely N-dealkylation sites (tertiary alicyclic amines) is 1. The summed E-state index contributed by atoms with van der Waals surface area (Å²) in [7, 11) is 0. The van der Waals surface area contributed by atoms with Gasteiger partial charge in [-0.05, 0) is 42.2 Å². The van der Waals surface area contributed by atoms with Crippen LogP contribution in [0, 0.1) is 11.7 Å². The quantitative estimate of drug-likeness (QED) is 0.400. The Morgan fingerprint density at radius 1 is 1.14 bits per heavy atom. The number of nitrogens with one attached hydrogen (secondary N) is 1. The van der Waals surface area contributed by atoms with Crippen LogP contribution in [0.1, 0.15) is 17.7 Å². The topological polar surface area (TPSA) is 80.2 Å². The van der Waals surface area contributed by atoms with Crippen LogP contribution < -0.4 is 5.32 Å². The summed E-state index contributed by atoms with van der Waals surface area (Å²) in [6.45, 7) is 1.43. The van der Waals surface area contributed by atoms with Gasteiger partial charge >= 0.3 is 6.09 Å². The van der Waals surface area contributed by atoms with Crippen LogP contribution >= 0.6 is 11.6 Å². The molecule has 1 saturated heterocycles. The van der Waals surface area contributed by atoms with E-state index in [0.29, 0.717) is 35.9 Å². The van der Waals surface area contributed by atoms with Crippen LogP contribution in [0.4, 0.5) is 20.7 Å². The van der Waals surface area contributed by atoms with E-state index in [9.17, 15) is 9.18 Å². The lowest BCUT2D eigenvalue weighted by Crippen LogP contribution is -2.33. The molecule has 3 heterocycles. The number of rotatable bonds is 5. The van der Waals surface area contributed by atoms with Crippen molar-refractivity contribution in [3.05, 3.63) is 89.1 Å². The maximum absolute atomic E-state index is 14.5. The molecule has 176 valence electrons. The predicted octanol–water partition coefficient (Wildman–Crippen LogP) is 5.47. The smallest absolute Gasteiger partial charge is 0.410 e. The number of ether oxygens (including phenoxy) is 1. The molecule has 2 aromatic carbocycles. The molecule has 0 bridgehead atoms. The molecule has 0 spiro atoms. The number of amides is 1. The fraction of sp³-hybridized carbons (Fsp3) is 0.231. The molecule has 2 fully saturated rings. The second-order valence-corrected chi connectivity index (χ2v) is 9.40. The summed E-state index contributed by atoms with van der Waals surface area (Å²) >= 11 is 5.92. The third kappa shape index (κ3) is 3.93. The van der Waals surface area contributed by atoms with Gasteiger partial charge in [-0.25, -0.2) is 24.1 Å². The van der Waals surface area contributed by atoms with Gasteiger partial charge in [-0.3, -0.25) is 0 Å². The van der Waals surface area contributed by atoms with Gasteiger partial charge in [0, 0.05) is 24.2 Å². The van der Waals surface area contributed by atoms with Crippen LogP contribution in [0.25, 0.3) is 11.0 Å². The van der Waals surface area contributed by atoms with E-state index >= 15 is 0 Å². The maximum atomic E-state index is 14.5. The number of piperidine rings is 1. The summed E-state index contributed by atoms with van der Waals surface area (Å²) in [5.41, 5.74) is 2.99. The highest BCUT2D eigenvalue weighted by Gasteiger charge is 2.63. The Hall–Kier alpha value is -3.78. The molecule has 1 aliphatic carbocycles. The summed E-state index contributed by atoms with van der Waals surface area (Å²) in [6, 6.07) is 18.2. The number of nitrogens with zero attached hydrogens (tertiary/aromatic N) is 4. The fourth-order valence-corrected chi connectivity index (χ4v) is 5.04. The van der Waals surface area contributed by atoms with E-state index in [0.717, 1.165) is 17.7 Å². The first kappa shape index (κ1) is 21.7. The molecule has 4 aromatic rings. The Labute approximate surface area is 205 Å². The summed E-state index contributed by atoms with van der Waals surface area (Å²) in [5, 5.41) is 3.02. The molecule has 0 radical (unpaired) electrons. The SMILES string of the molecule is O=C(OCc1ccccc1)N1C[C@H]2C[C@@]2(c2ccc3ncnc(Nc4cccc(Cl)c4F)c3n2)C1. The van der Waals surface area contributed by atoms with Gasteiger partial charge in [0.15, 0.2) is 11.6 Å².